The molecule has 0 amide bonds. The molecule has 1 N–H and O–H groups in total. The summed E-state index contributed by atoms with van der Waals surface area (Å²) in [4.78, 5) is 0. The molecule has 62 valence electrons. The van der Waals surface area contributed by atoms with Crippen LogP contribution >= 0.6 is 22.9 Å². The van der Waals surface area contributed by atoms with Crippen molar-refractivity contribution in [3.8, 4) is 5.75 Å². The second-order valence-electron chi connectivity index (χ2n) is 2.37. The van der Waals surface area contributed by atoms with Crippen LogP contribution < -0.4 is 0 Å². The van der Waals surface area contributed by atoms with Crippen LogP contribution in [-0.4, -0.2) is 5.11 Å². The molecule has 2 aromatic rings. The first-order chi connectivity index (χ1) is 5.68. The van der Waals surface area contributed by atoms with Crippen molar-refractivity contribution in [1.29, 1.82) is 0 Å². The quantitative estimate of drug-likeness (QED) is 0.694. The minimum Gasteiger partial charge on any atom is -0.505 e. The fourth-order valence-corrected chi connectivity index (χ4v) is 2.20. The van der Waals surface area contributed by atoms with E-state index in [4.69, 9.17) is 16.7 Å². The molecule has 0 saturated carbocycles. The van der Waals surface area contributed by atoms with E-state index in [1.165, 1.54) is 6.07 Å². The van der Waals surface area contributed by atoms with E-state index in [0.717, 1.165) is 16.7 Å². The summed E-state index contributed by atoms with van der Waals surface area (Å²) in [6.07, 6.45) is 0. The highest BCUT2D eigenvalue weighted by atomic mass is 35.5. The molecule has 0 radical (unpaired) electrons. The molecule has 4 heteroatoms. The van der Waals surface area contributed by atoms with Crippen molar-refractivity contribution in [3.63, 3.8) is 0 Å². The molecule has 1 heterocycles. The fourth-order valence-electron chi connectivity index (χ4n) is 1.03. The predicted molar refractivity (Wildman–Crippen MR) is 48.5 cm³/mol. The van der Waals surface area contributed by atoms with E-state index in [9.17, 15) is 4.39 Å². The van der Waals surface area contributed by atoms with Crippen molar-refractivity contribution in [3.05, 3.63) is 28.4 Å². The summed E-state index contributed by atoms with van der Waals surface area (Å²) >= 11 is 6.80. The topological polar surface area (TPSA) is 20.2 Å². The smallest absolute Gasteiger partial charge is 0.182 e. The molecule has 1 nitrogen and oxygen atoms in total. The van der Waals surface area contributed by atoms with Crippen LogP contribution in [-0.2, 0) is 0 Å². The zero-order valence-corrected chi connectivity index (χ0v) is 7.42. The molecule has 12 heavy (non-hydrogen) atoms. The van der Waals surface area contributed by atoms with Gasteiger partial charge in [-0.3, -0.25) is 0 Å². The Labute approximate surface area is 77.0 Å². The van der Waals surface area contributed by atoms with E-state index in [-0.39, 0.29) is 5.75 Å². The lowest BCUT2D eigenvalue weighted by Gasteiger charge is -1.94. The van der Waals surface area contributed by atoms with Crippen LogP contribution in [0.5, 0.6) is 5.75 Å². The molecule has 0 bridgehead atoms. The van der Waals surface area contributed by atoms with Gasteiger partial charge in [-0.25, -0.2) is 4.39 Å². The maximum absolute atomic E-state index is 13.1. The number of benzene rings is 1. The fraction of sp³-hybridized carbons (Fsp3) is 0. The Balaban J connectivity index is 2.89. The highest BCUT2D eigenvalue weighted by Crippen LogP contribution is 2.34. The maximum atomic E-state index is 13.1. The van der Waals surface area contributed by atoms with Gasteiger partial charge in [0, 0.05) is 0 Å². The van der Waals surface area contributed by atoms with Gasteiger partial charge < -0.3 is 5.11 Å². The number of rotatable bonds is 0. The van der Waals surface area contributed by atoms with Crippen LogP contribution in [0.2, 0.25) is 4.34 Å². The summed E-state index contributed by atoms with van der Waals surface area (Å²) in [6.45, 7) is 0. The van der Waals surface area contributed by atoms with Gasteiger partial charge in [0.05, 0.1) is 9.04 Å². The van der Waals surface area contributed by atoms with Gasteiger partial charge in [0.2, 0.25) is 0 Å². The van der Waals surface area contributed by atoms with Gasteiger partial charge in [0.15, 0.2) is 11.6 Å². The number of phenolic OH excluding ortho intramolecular Hbond substituents is 1. The summed E-state index contributed by atoms with van der Waals surface area (Å²) in [5, 5.41) is 9.74. The van der Waals surface area contributed by atoms with Crippen LogP contribution in [0.4, 0.5) is 4.39 Å². The van der Waals surface area contributed by atoms with E-state index in [1.54, 1.807) is 12.1 Å². The Kier molecular flexibility index (Phi) is 1.70. The average molecular weight is 203 g/mol. The number of thiophene rings is 1. The molecular weight excluding hydrogens is 199 g/mol. The normalized spacial score (nSPS) is 10.8. The number of fused-ring (bicyclic) bond motifs is 1. The molecule has 0 unspecified atom stereocenters. The lowest BCUT2D eigenvalue weighted by molar-refractivity contribution is 0.436. The molecule has 0 aliphatic heterocycles. The summed E-state index contributed by atoms with van der Waals surface area (Å²) in [5.41, 5.74) is 0. The first kappa shape index (κ1) is 7.83. The van der Waals surface area contributed by atoms with Gasteiger partial charge in [0.25, 0.3) is 0 Å². The minimum atomic E-state index is -0.593. The average Bonchev–Trinajstić information content (AvgIpc) is 2.39. The van der Waals surface area contributed by atoms with Gasteiger partial charge in [-0.05, 0) is 23.6 Å². The molecular formula is C8H4ClFOS. The summed E-state index contributed by atoms with van der Waals surface area (Å²) in [7, 11) is 0. The largest absolute Gasteiger partial charge is 0.505 e. The Morgan fingerprint density at radius 1 is 1.42 bits per heavy atom. The van der Waals surface area contributed by atoms with Gasteiger partial charge >= 0.3 is 0 Å². The molecule has 0 aliphatic carbocycles. The standard InChI is InChI=1S/C8H4ClFOS/c9-6-3-4-1-2-5(11)7(10)8(4)12-6/h1-3,11H. The van der Waals surface area contributed by atoms with Crippen LogP contribution in [0, 0.1) is 5.82 Å². The van der Waals surface area contributed by atoms with Crippen LogP contribution in [0.1, 0.15) is 0 Å². The van der Waals surface area contributed by atoms with Crippen molar-refractivity contribution in [1.82, 2.24) is 0 Å². The third-order valence-corrected chi connectivity index (χ3v) is 2.85. The first-order valence-corrected chi connectivity index (χ1v) is 4.44. The van der Waals surface area contributed by atoms with Crippen LogP contribution in [0.15, 0.2) is 18.2 Å². The third kappa shape index (κ3) is 1.06. The van der Waals surface area contributed by atoms with E-state index in [0.29, 0.717) is 9.04 Å². The maximum Gasteiger partial charge on any atom is 0.182 e. The third-order valence-electron chi connectivity index (χ3n) is 1.58. The Morgan fingerprint density at radius 2 is 2.17 bits per heavy atom. The number of halogens is 2. The lowest BCUT2D eigenvalue weighted by Crippen LogP contribution is -1.73. The zero-order chi connectivity index (χ0) is 8.72. The zero-order valence-electron chi connectivity index (χ0n) is 5.84. The predicted octanol–water partition coefficient (Wildman–Crippen LogP) is 3.40. The number of hydrogen-bond donors (Lipinski definition) is 1. The monoisotopic (exact) mass is 202 g/mol. The van der Waals surface area contributed by atoms with Gasteiger partial charge in [-0.15, -0.1) is 11.3 Å². The van der Waals surface area contributed by atoms with Gasteiger partial charge in [0.1, 0.15) is 0 Å². The summed E-state index contributed by atoms with van der Waals surface area (Å²) < 4.78 is 14.0. The first-order valence-electron chi connectivity index (χ1n) is 3.25. The molecule has 1 aromatic heterocycles. The highest BCUT2D eigenvalue weighted by Gasteiger charge is 2.08. The number of phenols is 1. The summed E-state index contributed by atoms with van der Waals surface area (Å²) in [6, 6.07) is 4.63. The molecule has 0 aliphatic rings. The van der Waals surface area contributed by atoms with Crippen molar-refractivity contribution >= 4 is 33.0 Å². The minimum absolute atomic E-state index is 0.332. The molecule has 0 fully saturated rings. The highest BCUT2D eigenvalue weighted by molar-refractivity contribution is 7.22. The second-order valence-corrected chi connectivity index (χ2v) is 4.05. The molecule has 1 aromatic carbocycles. The van der Waals surface area contributed by atoms with E-state index < -0.39 is 5.82 Å². The number of aromatic hydroxyl groups is 1. The van der Waals surface area contributed by atoms with E-state index in [1.807, 2.05) is 0 Å². The van der Waals surface area contributed by atoms with Gasteiger partial charge in [-0.1, -0.05) is 11.6 Å². The summed E-state index contributed by atoms with van der Waals surface area (Å²) in [5.74, 6) is -0.926. The van der Waals surface area contributed by atoms with Crippen molar-refractivity contribution < 1.29 is 9.50 Å². The van der Waals surface area contributed by atoms with Crippen molar-refractivity contribution in [2.75, 3.05) is 0 Å². The number of hydrogen-bond acceptors (Lipinski definition) is 2. The van der Waals surface area contributed by atoms with E-state index in [2.05, 4.69) is 0 Å². The van der Waals surface area contributed by atoms with Gasteiger partial charge in [-0.2, -0.15) is 0 Å². The van der Waals surface area contributed by atoms with Crippen molar-refractivity contribution in [2.24, 2.45) is 0 Å². The Hall–Kier alpha value is -0.800. The molecule has 0 spiro atoms. The SMILES string of the molecule is Oc1ccc2cc(Cl)sc2c1F. The van der Waals surface area contributed by atoms with Crippen LogP contribution in [0.3, 0.4) is 0 Å². The molecule has 0 atom stereocenters. The molecule has 0 saturated heterocycles. The Bertz CT molecular complexity index is 438. The molecule has 2 rings (SSSR count). The lowest BCUT2D eigenvalue weighted by atomic mass is 10.2. The van der Waals surface area contributed by atoms with Crippen molar-refractivity contribution in [2.45, 2.75) is 0 Å². The van der Waals surface area contributed by atoms with E-state index >= 15 is 0 Å². The Morgan fingerprint density at radius 3 is 2.92 bits per heavy atom. The second kappa shape index (κ2) is 2.61. The van der Waals surface area contributed by atoms with Crippen LogP contribution in [0.25, 0.3) is 10.1 Å².